The van der Waals surface area contributed by atoms with Gasteiger partial charge in [-0.15, -0.1) is 6.58 Å². The molecule has 1 aromatic rings. The van der Waals surface area contributed by atoms with Gasteiger partial charge in [-0.25, -0.2) is 8.78 Å². The highest BCUT2D eigenvalue weighted by molar-refractivity contribution is 5.22. The maximum atomic E-state index is 12.9. The largest absolute Gasteiger partial charge is 0.207 e. The number of halogens is 2. The first-order valence-corrected chi connectivity index (χ1v) is 4.74. The molecule has 14 heavy (non-hydrogen) atoms. The Morgan fingerprint density at radius 3 is 2.29 bits per heavy atom. The molecule has 0 N–H and O–H groups in total. The SMILES string of the molecule is C=CCC(CC)c1cc(F)cc(F)c1. The molecule has 0 aliphatic heterocycles. The van der Waals surface area contributed by atoms with Crippen molar-refractivity contribution >= 4 is 0 Å². The topological polar surface area (TPSA) is 0 Å². The van der Waals surface area contributed by atoms with E-state index >= 15 is 0 Å². The second-order valence-corrected chi connectivity index (χ2v) is 3.33. The van der Waals surface area contributed by atoms with E-state index in [0.29, 0.717) is 5.56 Å². The Kier molecular flexibility index (Phi) is 3.81. The predicted molar refractivity (Wildman–Crippen MR) is 54.2 cm³/mol. The van der Waals surface area contributed by atoms with E-state index in [-0.39, 0.29) is 5.92 Å². The van der Waals surface area contributed by atoms with Gasteiger partial charge in [0.15, 0.2) is 0 Å². The van der Waals surface area contributed by atoms with Crippen molar-refractivity contribution in [2.75, 3.05) is 0 Å². The molecule has 0 bridgehead atoms. The molecule has 1 unspecified atom stereocenters. The van der Waals surface area contributed by atoms with E-state index in [1.165, 1.54) is 12.1 Å². The van der Waals surface area contributed by atoms with Crippen molar-refractivity contribution in [3.8, 4) is 0 Å². The number of hydrogen-bond donors (Lipinski definition) is 0. The van der Waals surface area contributed by atoms with Gasteiger partial charge in [0.25, 0.3) is 0 Å². The highest BCUT2D eigenvalue weighted by atomic mass is 19.1. The van der Waals surface area contributed by atoms with E-state index in [0.717, 1.165) is 18.9 Å². The van der Waals surface area contributed by atoms with Crippen LogP contribution >= 0.6 is 0 Å². The standard InChI is InChI=1S/C12H14F2/c1-3-5-9(4-2)10-6-11(13)8-12(14)7-10/h3,6-9H,1,4-5H2,2H3. The number of hydrogen-bond acceptors (Lipinski definition) is 0. The average molecular weight is 196 g/mol. The zero-order chi connectivity index (χ0) is 10.6. The molecule has 2 heteroatoms. The Balaban J connectivity index is 2.96. The average Bonchev–Trinajstić information content (AvgIpc) is 2.12. The molecule has 0 radical (unpaired) electrons. The summed E-state index contributed by atoms with van der Waals surface area (Å²) in [6, 6.07) is 3.67. The molecule has 1 atom stereocenters. The molecule has 0 saturated heterocycles. The second kappa shape index (κ2) is 4.89. The minimum atomic E-state index is -0.512. The number of allylic oxidation sites excluding steroid dienone is 1. The van der Waals surface area contributed by atoms with Crippen LogP contribution in [0, 0.1) is 11.6 Å². The normalized spacial score (nSPS) is 12.5. The summed E-state index contributed by atoms with van der Waals surface area (Å²) in [4.78, 5) is 0. The van der Waals surface area contributed by atoms with Crippen LogP contribution in [0.25, 0.3) is 0 Å². The van der Waals surface area contributed by atoms with E-state index in [9.17, 15) is 8.78 Å². The van der Waals surface area contributed by atoms with Crippen molar-refractivity contribution in [1.82, 2.24) is 0 Å². The van der Waals surface area contributed by atoms with Gasteiger partial charge in [-0.05, 0) is 36.5 Å². The van der Waals surface area contributed by atoms with E-state index in [4.69, 9.17) is 0 Å². The molecular weight excluding hydrogens is 182 g/mol. The van der Waals surface area contributed by atoms with Gasteiger partial charge in [-0.3, -0.25) is 0 Å². The molecule has 0 spiro atoms. The summed E-state index contributed by atoms with van der Waals surface area (Å²) < 4.78 is 25.8. The molecule has 0 amide bonds. The van der Waals surface area contributed by atoms with Crippen molar-refractivity contribution in [3.63, 3.8) is 0 Å². The lowest BCUT2D eigenvalue weighted by molar-refractivity contribution is 0.569. The second-order valence-electron chi connectivity index (χ2n) is 3.33. The summed E-state index contributed by atoms with van der Waals surface area (Å²) in [5.74, 6) is -0.859. The van der Waals surface area contributed by atoms with Gasteiger partial charge in [-0.1, -0.05) is 13.0 Å². The molecule has 1 aromatic carbocycles. The van der Waals surface area contributed by atoms with Gasteiger partial charge in [0.1, 0.15) is 11.6 Å². The van der Waals surface area contributed by atoms with E-state index in [1.54, 1.807) is 6.08 Å². The Hall–Kier alpha value is -1.18. The maximum Gasteiger partial charge on any atom is 0.126 e. The van der Waals surface area contributed by atoms with Gasteiger partial charge in [0, 0.05) is 6.07 Å². The summed E-state index contributed by atoms with van der Waals surface area (Å²) in [6.45, 7) is 5.63. The highest BCUT2D eigenvalue weighted by Gasteiger charge is 2.09. The maximum absolute atomic E-state index is 12.9. The molecule has 0 nitrogen and oxygen atoms in total. The summed E-state index contributed by atoms with van der Waals surface area (Å²) in [5, 5.41) is 0. The summed E-state index contributed by atoms with van der Waals surface area (Å²) in [7, 11) is 0. The smallest absolute Gasteiger partial charge is 0.126 e. The Labute approximate surface area is 83.3 Å². The molecule has 0 aliphatic carbocycles. The van der Waals surface area contributed by atoms with Crippen molar-refractivity contribution in [2.45, 2.75) is 25.7 Å². The predicted octanol–water partition coefficient (Wildman–Crippen LogP) is 4.03. The third-order valence-electron chi connectivity index (χ3n) is 2.30. The van der Waals surface area contributed by atoms with Crippen molar-refractivity contribution < 1.29 is 8.78 Å². The molecular formula is C12H14F2. The number of benzene rings is 1. The molecule has 1 rings (SSSR count). The van der Waals surface area contributed by atoms with Gasteiger partial charge < -0.3 is 0 Å². The quantitative estimate of drug-likeness (QED) is 0.638. The third-order valence-corrected chi connectivity index (χ3v) is 2.30. The van der Waals surface area contributed by atoms with Gasteiger partial charge >= 0.3 is 0 Å². The summed E-state index contributed by atoms with van der Waals surface area (Å²) in [5.41, 5.74) is 0.713. The zero-order valence-electron chi connectivity index (χ0n) is 8.26. The molecule has 0 saturated carbocycles. The minimum Gasteiger partial charge on any atom is -0.207 e. The van der Waals surface area contributed by atoms with Gasteiger partial charge in [-0.2, -0.15) is 0 Å². The number of rotatable bonds is 4. The minimum absolute atomic E-state index is 0.165. The van der Waals surface area contributed by atoms with Crippen LogP contribution in [0.1, 0.15) is 31.2 Å². The first-order chi connectivity index (χ1) is 6.67. The Morgan fingerprint density at radius 1 is 1.29 bits per heavy atom. The molecule has 0 heterocycles. The molecule has 0 aromatic heterocycles. The fourth-order valence-corrected chi connectivity index (χ4v) is 1.55. The Morgan fingerprint density at radius 2 is 1.86 bits per heavy atom. The first-order valence-electron chi connectivity index (χ1n) is 4.74. The van der Waals surface area contributed by atoms with Gasteiger partial charge in [0.2, 0.25) is 0 Å². The lowest BCUT2D eigenvalue weighted by Gasteiger charge is -2.12. The van der Waals surface area contributed by atoms with E-state index in [2.05, 4.69) is 6.58 Å². The van der Waals surface area contributed by atoms with Crippen LogP contribution in [0.15, 0.2) is 30.9 Å². The molecule has 0 fully saturated rings. The zero-order valence-corrected chi connectivity index (χ0v) is 8.26. The first kappa shape index (κ1) is 10.9. The Bertz CT molecular complexity index is 298. The van der Waals surface area contributed by atoms with Crippen molar-refractivity contribution in [1.29, 1.82) is 0 Å². The lowest BCUT2D eigenvalue weighted by Crippen LogP contribution is -1.97. The summed E-state index contributed by atoms with van der Waals surface area (Å²) >= 11 is 0. The van der Waals surface area contributed by atoms with Crippen LogP contribution in [0.4, 0.5) is 8.78 Å². The van der Waals surface area contributed by atoms with Crippen molar-refractivity contribution in [2.24, 2.45) is 0 Å². The van der Waals surface area contributed by atoms with Crippen molar-refractivity contribution in [3.05, 3.63) is 48.1 Å². The van der Waals surface area contributed by atoms with Crippen LogP contribution in [0.2, 0.25) is 0 Å². The fraction of sp³-hybridized carbons (Fsp3) is 0.333. The lowest BCUT2D eigenvalue weighted by atomic mass is 9.93. The highest BCUT2D eigenvalue weighted by Crippen LogP contribution is 2.24. The molecule has 76 valence electrons. The summed E-state index contributed by atoms with van der Waals surface area (Å²) in [6.07, 6.45) is 3.38. The van der Waals surface area contributed by atoms with Crippen LogP contribution in [0.3, 0.4) is 0 Å². The third kappa shape index (κ3) is 2.66. The van der Waals surface area contributed by atoms with Crippen LogP contribution in [-0.4, -0.2) is 0 Å². The fourth-order valence-electron chi connectivity index (χ4n) is 1.55. The van der Waals surface area contributed by atoms with Gasteiger partial charge in [0.05, 0.1) is 0 Å². The van der Waals surface area contributed by atoms with Crippen LogP contribution in [0.5, 0.6) is 0 Å². The van der Waals surface area contributed by atoms with Crippen LogP contribution < -0.4 is 0 Å². The molecule has 0 aliphatic rings. The van der Waals surface area contributed by atoms with E-state index < -0.39 is 11.6 Å². The van der Waals surface area contributed by atoms with Crippen LogP contribution in [-0.2, 0) is 0 Å². The van der Waals surface area contributed by atoms with E-state index in [1.807, 2.05) is 6.92 Å². The monoisotopic (exact) mass is 196 g/mol.